The highest BCUT2D eigenvalue weighted by Gasteiger charge is 2.32. The summed E-state index contributed by atoms with van der Waals surface area (Å²) in [6.07, 6.45) is 5.60. The number of aromatic nitrogens is 5. The first-order valence-electron chi connectivity index (χ1n) is 9.85. The molecule has 4 aromatic heterocycles. The van der Waals surface area contributed by atoms with E-state index in [0.29, 0.717) is 5.95 Å². The van der Waals surface area contributed by atoms with Crippen LogP contribution in [0.4, 0.5) is 16.9 Å². The minimum atomic E-state index is 0.0479. The Morgan fingerprint density at radius 1 is 1.13 bits per heavy atom. The number of rotatable bonds is 5. The Bertz CT molecular complexity index is 1160. The number of nitrogens with one attached hydrogen (secondary N) is 1. The second kappa shape index (κ2) is 7.83. The van der Waals surface area contributed by atoms with Crippen LogP contribution in [0.1, 0.15) is 35.2 Å². The molecule has 1 unspecified atom stereocenters. The maximum atomic E-state index is 5.70. The van der Waals surface area contributed by atoms with Crippen LogP contribution in [0.2, 0.25) is 0 Å². The summed E-state index contributed by atoms with van der Waals surface area (Å²) in [7, 11) is 0. The molecule has 4 aromatic rings. The van der Waals surface area contributed by atoms with Gasteiger partial charge in [-0.2, -0.15) is 4.98 Å². The minimum Gasteiger partial charge on any atom is -0.358 e. The van der Waals surface area contributed by atoms with Crippen LogP contribution in [-0.4, -0.2) is 31.6 Å². The van der Waals surface area contributed by atoms with Gasteiger partial charge in [0.05, 0.1) is 11.7 Å². The first kappa shape index (κ1) is 18.7. The standard InChI is InChI=1S/C21H21N7OS/c1-13-10-19(26-21-23-12-14(2)30-21)25-20(24-13)28-9-5-7-17(28)18-11-16(27-29-18)15-6-3-4-8-22-15/h3-4,6,8,10-12,17H,5,7,9H2,1-2H3,(H,23,24,25,26). The molecule has 0 amide bonds. The van der Waals surface area contributed by atoms with Gasteiger partial charge in [-0.15, -0.1) is 11.3 Å². The van der Waals surface area contributed by atoms with Crippen molar-refractivity contribution in [1.82, 2.24) is 25.1 Å². The molecule has 1 N–H and O–H groups in total. The fraction of sp³-hybridized carbons (Fsp3) is 0.286. The first-order chi connectivity index (χ1) is 14.7. The van der Waals surface area contributed by atoms with Crippen molar-refractivity contribution in [3.05, 3.63) is 59.1 Å². The summed E-state index contributed by atoms with van der Waals surface area (Å²) < 4.78 is 5.70. The van der Waals surface area contributed by atoms with E-state index in [9.17, 15) is 0 Å². The van der Waals surface area contributed by atoms with E-state index in [4.69, 9.17) is 9.51 Å². The molecule has 30 heavy (non-hydrogen) atoms. The van der Waals surface area contributed by atoms with E-state index in [1.54, 1.807) is 17.5 Å². The van der Waals surface area contributed by atoms with Crippen molar-refractivity contribution >= 4 is 28.2 Å². The molecule has 1 aliphatic rings. The summed E-state index contributed by atoms with van der Waals surface area (Å²) in [4.78, 5) is 21.5. The van der Waals surface area contributed by atoms with E-state index >= 15 is 0 Å². The van der Waals surface area contributed by atoms with Gasteiger partial charge < -0.3 is 14.7 Å². The Labute approximate surface area is 178 Å². The van der Waals surface area contributed by atoms with Crippen molar-refractivity contribution in [1.29, 1.82) is 0 Å². The van der Waals surface area contributed by atoms with E-state index in [1.807, 2.05) is 50.4 Å². The largest absolute Gasteiger partial charge is 0.358 e. The van der Waals surface area contributed by atoms with Crippen molar-refractivity contribution in [3.63, 3.8) is 0 Å². The van der Waals surface area contributed by atoms with Crippen LogP contribution in [0.15, 0.2) is 47.2 Å². The van der Waals surface area contributed by atoms with E-state index < -0.39 is 0 Å². The molecular formula is C21H21N7OS. The van der Waals surface area contributed by atoms with Crippen molar-refractivity contribution in [2.75, 3.05) is 16.8 Å². The number of hydrogen-bond donors (Lipinski definition) is 1. The first-order valence-corrected chi connectivity index (χ1v) is 10.7. The van der Waals surface area contributed by atoms with Crippen molar-refractivity contribution < 1.29 is 4.52 Å². The molecule has 9 heteroatoms. The summed E-state index contributed by atoms with van der Waals surface area (Å²) in [5.74, 6) is 2.23. The SMILES string of the molecule is Cc1cc(Nc2ncc(C)s2)nc(N2CCCC2c2cc(-c3ccccn3)no2)n1. The number of pyridine rings is 1. The van der Waals surface area contributed by atoms with E-state index in [-0.39, 0.29) is 6.04 Å². The Hall–Kier alpha value is -3.33. The van der Waals surface area contributed by atoms with Crippen molar-refractivity contribution in [2.24, 2.45) is 0 Å². The highest BCUT2D eigenvalue weighted by molar-refractivity contribution is 7.15. The van der Waals surface area contributed by atoms with Crippen LogP contribution in [0, 0.1) is 13.8 Å². The van der Waals surface area contributed by atoms with Gasteiger partial charge in [-0.1, -0.05) is 11.2 Å². The third kappa shape index (κ3) is 3.76. The molecule has 0 saturated carbocycles. The summed E-state index contributed by atoms with van der Waals surface area (Å²) >= 11 is 1.60. The lowest BCUT2D eigenvalue weighted by Gasteiger charge is -2.23. The predicted molar refractivity (Wildman–Crippen MR) is 116 cm³/mol. The lowest BCUT2D eigenvalue weighted by atomic mass is 10.1. The Morgan fingerprint density at radius 2 is 2.07 bits per heavy atom. The monoisotopic (exact) mass is 419 g/mol. The molecule has 1 aliphatic heterocycles. The van der Waals surface area contributed by atoms with Crippen LogP contribution in [-0.2, 0) is 0 Å². The fourth-order valence-corrected chi connectivity index (χ4v) is 4.32. The molecule has 8 nitrogen and oxygen atoms in total. The Kier molecular flexibility index (Phi) is 4.88. The van der Waals surface area contributed by atoms with Gasteiger partial charge in [0.25, 0.3) is 0 Å². The van der Waals surface area contributed by atoms with Gasteiger partial charge in [-0.25, -0.2) is 9.97 Å². The maximum Gasteiger partial charge on any atom is 0.228 e. The smallest absolute Gasteiger partial charge is 0.228 e. The van der Waals surface area contributed by atoms with E-state index in [1.165, 1.54) is 0 Å². The molecule has 1 saturated heterocycles. The molecule has 0 spiro atoms. The molecule has 0 aromatic carbocycles. The zero-order chi connectivity index (χ0) is 20.5. The third-order valence-corrected chi connectivity index (χ3v) is 5.82. The summed E-state index contributed by atoms with van der Waals surface area (Å²) in [5.41, 5.74) is 2.44. The number of hydrogen-bond acceptors (Lipinski definition) is 9. The molecule has 5 heterocycles. The van der Waals surface area contributed by atoms with Crippen LogP contribution in [0.25, 0.3) is 11.4 Å². The normalized spacial score (nSPS) is 16.2. The molecule has 0 radical (unpaired) electrons. The van der Waals surface area contributed by atoms with E-state index in [0.717, 1.165) is 58.1 Å². The predicted octanol–water partition coefficient (Wildman–Crippen LogP) is 4.69. The van der Waals surface area contributed by atoms with Crippen LogP contribution >= 0.6 is 11.3 Å². The quantitative estimate of drug-likeness (QED) is 0.498. The highest BCUT2D eigenvalue weighted by Crippen LogP contribution is 2.36. The second-order valence-corrected chi connectivity index (χ2v) is 8.51. The second-order valence-electron chi connectivity index (χ2n) is 7.28. The third-order valence-electron chi connectivity index (χ3n) is 4.99. The van der Waals surface area contributed by atoms with Crippen LogP contribution in [0.3, 0.4) is 0 Å². The lowest BCUT2D eigenvalue weighted by Crippen LogP contribution is -2.25. The van der Waals surface area contributed by atoms with Gasteiger partial charge in [0.1, 0.15) is 11.5 Å². The van der Waals surface area contributed by atoms with Gasteiger partial charge in [-0.05, 0) is 38.8 Å². The molecule has 0 aliphatic carbocycles. The minimum absolute atomic E-state index is 0.0479. The van der Waals surface area contributed by atoms with Crippen LogP contribution < -0.4 is 10.2 Å². The molecule has 1 fully saturated rings. The number of anilines is 3. The average Bonchev–Trinajstić information content (AvgIpc) is 3.48. The summed E-state index contributed by atoms with van der Waals surface area (Å²) in [6.45, 7) is 4.87. The molecular weight excluding hydrogens is 398 g/mol. The lowest BCUT2D eigenvalue weighted by molar-refractivity contribution is 0.362. The average molecular weight is 420 g/mol. The molecule has 1 atom stereocenters. The van der Waals surface area contributed by atoms with Gasteiger partial charge >= 0.3 is 0 Å². The highest BCUT2D eigenvalue weighted by atomic mass is 32.1. The zero-order valence-corrected chi connectivity index (χ0v) is 17.6. The van der Waals surface area contributed by atoms with Gasteiger partial charge in [0.15, 0.2) is 10.9 Å². The summed E-state index contributed by atoms with van der Waals surface area (Å²) in [6, 6.07) is 9.70. The van der Waals surface area contributed by atoms with Gasteiger partial charge in [-0.3, -0.25) is 4.98 Å². The van der Waals surface area contributed by atoms with Crippen LogP contribution in [0.5, 0.6) is 0 Å². The molecule has 5 rings (SSSR count). The topological polar surface area (TPSA) is 92.9 Å². The Morgan fingerprint density at radius 3 is 2.87 bits per heavy atom. The number of thiazole rings is 1. The number of nitrogens with zero attached hydrogens (tertiary/aromatic N) is 6. The van der Waals surface area contributed by atoms with Gasteiger partial charge in [0, 0.05) is 41.6 Å². The number of aryl methyl sites for hydroxylation is 2. The zero-order valence-electron chi connectivity index (χ0n) is 16.7. The summed E-state index contributed by atoms with van der Waals surface area (Å²) in [5, 5.41) is 8.35. The molecule has 152 valence electrons. The molecule has 0 bridgehead atoms. The van der Waals surface area contributed by atoms with Gasteiger partial charge in [0.2, 0.25) is 5.95 Å². The Balaban J connectivity index is 1.42. The van der Waals surface area contributed by atoms with E-state index in [2.05, 4.69) is 30.3 Å². The van der Waals surface area contributed by atoms with Crippen molar-refractivity contribution in [3.8, 4) is 11.4 Å². The maximum absolute atomic E-state index is 5.70. The fourth-order valence-electron chi connectivity index (χ4n) is 3.65. The van der Waals surface area contributed by atoms with Crippen molar-refractivity contribution in [2.45, 2.75) is 32.7 Å².